The first-order valence-electron chi connectivity index (χ1n) is 5.66. The molecule has 0 spiro atoms. The minimum Gasteiger partial charge on any atom is -0.497 e. The molecule has 0 bridgehead atoms. The third kappa shape index (κ3) is 2.32. The van der Waals surface area contributed by atoms with Crippen LogP contribution in [0.4, 0.5) is 0 Å². The first kappa shape index (κ1) is 10.5. The lowest BCUT2D eigenvalue weighted by Crippen LogP contribution is -2.28. The van der Waals surface area contributed by atoms with Gasteiger partial charge in [0.2, 0.25) is 0 Å². The van der Waals surface area contributed by atoms with Gasteiger partial charge in [-0.2, -0.15) is 0 Å². The molecular formula is C13H19NO. The number of rotatable bonds is 2. The molecule has 0 aliphatic carbocycles. The van der Waals surface area contributed by atoms with Crippen molar-refractivity contribution < 1.29 is 4.74 Å². The number of nitrogens with one attached hydrogen (secondary N) is 1. The van der Waals surface area contributed by atoms with Gasteiger partial charge in [0.25, 0.3) is 0 Å². The molecule has 1 fully saturated rings. The zero-order chi connectivity index (χ0) is 10.7. The Morgan fingerprint density at radius 3 is 2.87 bits per heavy atom. The largest absolute Gasteiger partial charge is 0.497 e. The van der Waals surface area contributed by atoms with Gasteiger partial charge in [-0.1, -0.05) is 6.07 Å². The standard InChI is InChI=1S/C13H19NO/c1-10-8-12(15-2)5-6-13(10)11-4-3-7-14-9-11/h5-6,8,11,14H,3-4,7,9H2,1-2H3/t11-/m0/s1. The summed E-state index contributed by atoms with van der Waals surface area (Å²) in [6.07, 6.45) is 2.59. The molecule has 82 valence electrons. The van der Waals surface area contributed by atoms with E-state index in [1.165, 1.54) is 30.5 Å². The molecule has 1 N–H and O–H groups in total. The average Bonchev–Trinajstić information content (AvgIpc) is 2.30. The fourth-order valence-corrected chi connectivity index (χ4v) is 2.35. The quantitative estimate of drug-likeness (QED) is 0.801. The number of ether oxygens (including phenoxy) is 1. The highest BCUT2D eigenvalue weighted by molar-refractivity contribution is 5.37. The molecule has 2 nitrogen and oxygen atoms in total. The lowest BCUT2D eigenvalue weighted by molar-refractivity contribution is 0.413. The second kappa shape index (κ2) is 4.67. The van der Waals surface area contributed by atoms with E-state index in [1.54, 1.807) is 7.11 Å². The number of hydrogen-bond donors (Lipinski definition) is 1. The summed E-state index contributed by atoms with van der Waals surface area (Å²) in [5, 5.41) is 3.46. The second-order valence-electron chi connectivity index (χ2n) is 4.27. The predicted molar refractivity (Wildman–Crippen MR) is 62.6 cm³/mol. The molecule has 1 aliphatic heterocycles. The summed E-state index contributed by atoms with van der Waals surface area (Å²) in [7, 11) is 1.72. The van der Waals surface area contributed by atoms with E-state index >= 15 is 0 Å². The van der Waals surface area contributed by atoms with Crippen LogP contribution in [0.2, 0.25) is 0 Å². The maximum Gasteiger partial charge on any atom is 0.119 e. The minimum atomic E-state index is 0.685. The highest BCUT2D eigenvalue weighted by Crippen LogP contribution is 2.28. The maximum absolute atomic E-state index is 5.22. The van der Waals surface area contributed by atoms with E-state index in [0.29, 0.717) is 5.92 Å². The van der Waals surface area contributed by atoms with Crippen molar-refractivity contribution in [3.05, 3.63) is 29.3 Å². The van der Waals surface area contributed by atoms with Gasteiger partial charge in [0.05, 0.1) is 7.11 Å². The van der Waals surface area contributed by atoms with Crippen LogP contribution in [0.15, 0.2) is 18.2 Å². The van der Waals surface area contributed by atoms with Crippen LogP contribution < -0.4 is 10.1 Å². The van der Waals surface area contributed by atoms with Crippen molar-refractivity contribution in [2.75, 3.05) is 20.2 Å². The highest BCUT2D eigenvalue weighted by Gasteiger charge is 2.16. The molecule has 2 rings (SSSR count). The summed E-state index contributed by atoms with van der Waals surface area (Å²) >= 11 is 0. The summed E-state index contributed by atoms with van der Waals surface area (Å²) in [6, 6.07) is 6.41. The highest BCUT2D eigenvalue weighted by atomic mass is 16.5. The van der Waals surface area contributed by atoms with E-state index < -0.39 is 0 Å². The van der Waals surface area contributed by atoms with E-state index in [1.807, 2.05) is 0 Å². The van der Waals surface area contributed by atoms with Crippen LogP contribution in [0.1, 0.15) is 29.9 Å². The number of piperidine rings is 1. The van der Waals surface area contributed by atoms with E-state index in [-0.39, 0.29) is 0 Å². The Kier molecular flexibility index (Phi) is 3.27. The monoisotopic (exact) mass is 205 g/mol. The molecule has 0 unspecified atom stereocenters. The molecule has 0 aromatic heterocycles. The molecular weight excluding hydrogens is 186 g/mol. The van der Waals surface area contributed by atoms with Crippen molar-refractivity contribution in [2.24, 2.45) is 0 Å². The van der Waals surface area contributed by atoms with Crippen LogP contribution in [-0.2, 0) is 0 Å². The Bertz CT molecular complexity index is 329. The third-order valence-electron chi connectivity index (χ3n) is 3.21. The van der Waals surface area contributed by atoms with Crippen molar-refractivity contribution in [1.29, 1.82) is 0 Å². The Morgan fingerprint density at radius 2 is 2.27 bits per heavy atom. The fourth-order valence-electron chi connectivity index (χ4n) is 2.35. The summed E-state index contributed by atoms with van der Waals surface area (Å²) in [5.41, 5.74) is 2.83. The Labute approximate surface area is 91.6 Å². The van der Waals surface area contributed by atoms with Gasteiger partial charge in [0.15, 0.2) is 0 Å². The summed E-state index contributed by atoms with van der Waals surface area (Å²) in [5.74, 6) is 1.64. The number of methoxy groups -OCH3 is 1. The number of aryl methyl sites for hydroxylation is 1. The Balaban J connectivity index is 2.19. The molecule has 1 atom stereocenters. The lowest BCUT2D eigenvalue weighted by Gasteiger charge is -2.24. The van der Waals surface area contributed by atoms with Crippen molar-refractivity contribution in [3.63, 3.8) is 0 Å². The van der Waals surface area contributed by atoms with E-state index in [9.17, 15) is 0 Å². The molecule has 0 radical (unpaired) electrons. The normalized spacial score (nSPS) is 21.3. The van der Waals surface area contributed by atoms with Gasteiger partial charge >= 0.3 is 0 Å². The first-order chi connectivity index (χ1) is 7.31. The van der Waals surface area contributed by atoms with Crippen LogP contribution in [0, 0.1) is 6.92 Å². The smallest absolute Gasteiger partial charge is 0.119 e. The SMILES string of the molecule is COc1ccc([C@H]2CCCNC2)c(C)c1. The Hall–Kier alpha value is -1.02. The van der Waals surface area contributed by atoms with Gasteiger partial charge in [-0.05, 0) is 55.5 Å². The summed E-state index contributed by atoms with van der Waals surface area (Å²) in [4.78, 5) is 0. The van der Waals surface area contributed by atoms with Crippen LogP contribution >= 0.6 is 0 Å². The van der Waals surface area contributed by atoms with Crippen molar-refractivity contribution in [1.82, 2.24) is 5.32 Å². The molecule has 0 saturated carbocycles. The zero-order valence-electron chi connectivity index (χ0n) is 9.55. The maximum atomic E-state index is 5.22. The first-order valence-corrected chi connectivity index (χ1v) is 5.66. The van der Waals surface area contributed by atoms with E-state index in [0.717, 1.165) is 12.3 Å². The zero-order valence-corrected chi connectivity index (χ0v) is 9.55. The fraction of sp³-hybridized carbons (Fsp3) is 0.538. The van der Waals surface area contributed by atoms with Gasteiger partial charge in [-0.25, -0.2) is 0 Å². The minimum absolute atomic E-state index is 0.685. The molecule has 1 saturated heterocycles. The third-order valence-corrected chi connectivity index (χ3v) is 3.21. The molecule has 0 amide bonds. The van der Waals surface area contributed by atoms with Gasteiger partial charge in [0.1, 0.15) is 5.75 Å². The van der Waals surface area contributed by atoms with Crippen molar-refractivity contribution in [2.45, 2.75) is 25.7 Å². The molecule has 1 aliphatic rings. The van der Waals surface area contributed by atoms with E-state index in [4.69, 9.17) is 4.74 Å². The molecule has 1 aromatic carbocycles. The van der Waals surface area contributed by atoms with Gasteiger partial charge < -0.3 is 10.1 Å². The van der Waals surface area contributed by atoms with Crippen LogP contribution in [-0.4, -0.2) is 20.2 Å². The summed E-state index contributed by atoms with van der Waals surface area (Å²) in [6.45, 7) is 4.46. The summed E-state index contributed by atoms with van der Waals surface area (Å²) < 4.78 is 5.22. The molecule has 1 heterocycles. The molecule has 2 heteroatoms. The van der Waals surface area contributed by atoms with Crippen LogP contribution in [0.5, 0.6) is 5.75 Å². The average molecular weight is 205 g/mol. The van der Waals surface area contributed by atoms with Gasteiger partial charge in [-0.3, -0.25) is 0 Å². The number of benzene rings is 1. The van der Waals surface area contributed by atoms with Crippen LogP contribution in [0.25, 0.3) is 0 Å². The lowest BCUT2D eigenvalue weighted by atomic mass is 9.89. The molecule has 1 aromatic rings. The van der Waals surface area contributed by atoms with Crippen molar-refractivity contribution >= 4 is 0 Å². The Morgan fingerprint density at radius 1 is 1.40 bits per heavy atom. The second-order valence-corrected chi connectivity index (χ2v) is 4.27. The topological polar surface area (TPSA) is 21.3 Å². The number of hydrogen-bond acceptors (Lipinski definition) is 2. The van der Waals surface area contributed by atoms with Crippen LogP contribution in [0.3, 0.4) is 0 Å². The van der Waals surface area contributed by atoms with Gasteiger partial charge in [-0.15, -0.1) is 0 Å². The predicted octanol–water partition coefficient (Wildman–Crippen LogP) is 2.47. The van der Waals surface area contributed by atoms with Gasteiger partial charge in [0, 0.05) is 6.54 Å². The van der Waals surface area contributed by atoms with Crippen molar-refractivity contribution in [3.8, 4) is 5.75 Å². The van der Waals surface area contributed by atoms with E-state index in [2.05, 4.69) is 30.4 Å². The molecule has 15 heavy (non-hydrogen) atoms.